The van der Waals surface area contributed by atoms with Gasteiger partial charge >= 0.3 is 0 Å². The van der Waals surface area contributed by atoms with Crippen molar-refractivity contribution in [2.45, 2.75) is 12.8 Å². The molecule has 1 aromatic carbocycles. The molecule has 2 heterocycles. The number of rotatable bonds is 5. The predicted octanol–water partition coefficient (Wildman–Crippen LogP) is 1.26. The number of non-ortho nitro benzene ring substituents is 1. The molecule has 0 atom stereocenters. The number of nitrogens with zero attached hydrogens (tertiary/aromatic N) is 3. The van der Waals surface area contributed by atoms with Crippen LogP contribution in [0.25, 0.3) is 0 Å². The van der Waals surface area contributed by atoms with E-state index >= 15 is 0 Å². The number of benzene rings is 1. The number of hydrogen-bond acceptors (Lipinski definition) is 6. The normalized spacial score (nSPS) is 20.0. The van der Waals surface area contributed by atoms with Crippen molar-refractivity contribution in [2.75, 3.05) is 57.9 Å². The fourth-order valence-corrected chi connectivity index (χ4v) is 3.91. The van der Waals surface area contributed by atoms with E-state index in [1.807, 2.05) is 11.0 Å². The quantitative estimate of drug-likeness (QED) is 0.627. The summed E-state index contributed by atoms with van der Waals surface area (Å²) >= 11 is 0. The molecule has 0 aliphatic carbocycles. The maximum absolute atomic E-state index is 13.2. The molecule has 0 saturated carbocycles. The fourth-order valence-electron chi connectivity index (χ4n) is 3.91. The molecule has 142 valence electrons. The van der Waals surface area contributed by atoms with Gasteiger partial charge in [0.15, 0.2) is 0 Å². The molecule has 0 bridgehead atoms. The van der Waals surface area contributed by atoms with E-state index in [1.54, 1.807) is 19.2 Å². The number of carbonyl (C=O) groups excluding carboxylic acids is 1. The zero-order chi connectivity index (χ0) is 18.6. The molecular weight excluding hydrogens is 336 g/mol. The second-order valence-corrected chi connectivity index (χ2v) is 7.02. The highest BCUT2D eigenvalue weighted by Gasteiger charge is 2.42. The lowest BCUT2D eigenvalue weighted by atomic mass is 9.78. The van der Waals surface area contributed by atoms with Gasteiger partial charge in [0.25, 0.3) is 5.69 Å². The third-order valence-electron chi connectivity index (χ3n) is 5.41. The number of carbonyl (C=O) groups is 1. The Labute approximate surface area is 153 Å². The Morgan fingerprint density at radius 2 is 1.96 bits per heavy atom. The van der Waals surface area contributed by atoms with Gasteiger partial charge < -0.3 is 19.9 Å². The molecule has 2 aliphatic heterocycles. The second-order valence-electron chi connectivity index (χ2n) is 7.02. The number of nitro benzene ring substituents is 1. The monoisotopic (exact) mass is 362 g/mol. The lowest BCUT2D eigenvalue weighted by Crippen LogP contribution is -2.56. The average Bonchev–Trinajstić information content (AvgIpc) is 2.68. The fraction of sp³-hybridized carbons (Fsp3) is 0.611. The van der Waals surface area contributed by atoms with Gasteiger partial charge in [0.05, 0.1) is 16.9 Å². The first kappa shape index (κ1) is 18.6. The summed E-state index contributed by atoms with van der Waals surface area (Å²) in [5.41, 5.74) is 0.503. The van der Waals surface area contributed by atoms with E-state index in [4.69, 9.17) is 4.74 Å². The first-order valence-corrected chi connectivity index (χ1v) is 9.04. The highest BCUT2D eigenvalue weighted by molar-refractivity contribution is 5.83. The van der Waals surface area contributed by atoms with Crippen LogP contribution >= 0.6 is 0 Å². The Kier molecular flexibility index (Phi) is 5.73. The van der Waals surface area contributed by atoms with Gasteiger partial charge in [-0.25, -0.2) is 0 Å². The van der Waals surface area contributed by atoms with Crippen LogP contribution < -0.4 is 10.2 Å². The minimum Gasteiger partial charge on any atom is -0.384 e. The number of piperidine rings is 1. The number of methoxy groups -OCH3 is 1. The van der Waals surface area contributed by atoms with Gasteiger partial charge in [0.2, 0.25) is 5.91 Å². The number of nitrogens with one attached hydrogen (secondary N) is 1. The summed E-state index contributed by atoms with van der Waals surface area (Å²) in [5.74, 6) is 0.180. The largest absolute Gasteiger partial charge is 0.384 e. The van der Waals surface area contributed by atoms with E-state index in [0.29, 0.717) is 32.8 Å². The molecule has 0 spiro atoms. The van der Waals surface area contributed by atoms with E-state index in [2.05, 4.69) is 10.2 Å². The Bertz CT molecular complexity index is 647. The van der Waals surface area contributed by atoms with E-state index in [1.165, 1.54) is 6.07 Å². The van der Waals surface area contributed by atoms with Gasteiger partial charge in [-0.3, -0.25) is 14.9 Å². The number of ether oxygens (including phenoxy) is 1. The average molecular weight is 362 g/mol. The van der Waals surface area contributed by atoms with Gasteiger partial charge in [0, 0.05) is 51.1 Å². The van der Waals surface area contributed by atoms with Crippen LogP contribution in [0.4, 0.5) is 11.4 Å². The molecule has 0 radical (unpaired) electrons. The van der Waals surface area contributed by atoms with Crippen molar-refractivity contribution in [3.05, 3.63) is 34.4 Å². The smallest absolute Gasteiger partial charge is 0.271 e. The first-order valence-electron chi connectivity index (χ1n) is 9.04. The minimum absolute atomic E-state index is 0.0924. The van der Waals surface area contributed by atoms with Crippen molar-refractivity contribution in [1.29, 1.82) is 0 Å². The van der Waals surface area contributed by atoms with Crippen LogP contribution in [-0.4, -0.2) is 68.7 Å². The summed E-state index contributed by atoms with van der Waals surface area (Å²) in [6, 6.07) is 6.67. The lowest BCUT2D eigenvalue weighted by molar-refractivity contribution is -0.384. The Balaban J connectivity index is 1.65. The second kappa shape index (κ2) is 8.01. The minimum atomic E-state index is -0.423. The highest BCUT2D eigenvalue weighted by Crippen LogP contribution is 2.32. The molecule has 0 aromatic heterocycles. The third kappa shape index (κ3) is 3.81. The summed E-state index contributed by atoms with van der Waals surface area (Å²) in [4.78, 5) is 27.8. The summed E-state index contributed by atoms with van der Waals surface area (Å²) in [7, 11) is 1.65. The van der Waals surface area contributed by atoms with E-state index in [9.17, 15) is 14.9 Å². The molecule has 1 N–H and O–H groups in total. The van der Waals surface area contributed by atoms with Crippen molar-refractivity contribution >= 4 is 17.3 Å². The van der Waals surface area contributed by atoms with Crippen LogP contribution in [0.15, 0.2) is 24.3 Å². The van der Waals surface area contributed by atoms with Crippen LogP contribution in [0.2, 0.25) is 0 Å². The van der Waals surface area contributed by atoms with E-state index in [0.717, 1.165) is 31.6 Å². The summed E-state index contributed by atoms with van der Waals surface area (Å²) in [6.07, 6.45) is 1.59. The number of nitro groups is 1. The van der Waals surface area contributed by atoms with Gasteiger partial charge in [0.1, 0.15) is 0 Å². The standard InChI is InChI=1S/C18H26N4O4/c1-26-14-18(5-7-19-8-6-18)17(23)21-11-9-20(10-12-21)15-3-2-4-16(13-15)22(24)25/h2-4,13,19H,5-12,14H2,1H3. The van der Waals surface area contributed by atoms with Gasteiger partial charge in [-0.2, -0.15) is 0 Å². The van der Waals surface area contributed by atoms with Crippen LogP contribution in [0.5, 0.6) is 0 Å². The molecule has 1 amide bonds. The van der Waals surface area contributed by atoms with Crippen molar-refractivity contribution < 1.29 is 14.5 Å². The predicted molar refractivity (Wildman–Crippen MR) is 98.3 cm³/mol. The Morgan fingerprint density at radius 3 is 2.58 bits per heavy atom. The van der Waals surface area contributed by atoms with Crippen LogP contribution in [0.1, 0.15) is 12.8 Å². The topological polar surface area (TPSA) is 88.0 Å². The van der Waals surface area contributed by atoms with Gasteiger partial charge in [-0.05, 0) is 32.0 Å². The van der Waals surface area contributed by atoms with Crippen molar-refractivity contribution in [2.24, 2.45) is 5.41 Å². The SMILES string of the molecule is COCC1(C(=O)N2CCN(c3cccc([N+](=O)[O-])c3)CC2)CCNCC1. The van der Waals surface area contributed by atoms with Crippen molar-refractivity contribution in [3.63, 3.8) is 0 Å². The maximum atomic E-state index is 13.2. The zero-order valence-electron chi connectivity index (χ0n) is 15.1. The molecule has 2 saturated heterocycles. The number of amides is 1. The molecule has 8 heteroatoms. The molecular formula is C18H26N4O4. The van der Waals surface area contributed by atoms with Crippen LogP contribution in [-0.2, 0) is 9.53 Å². The molecule has 3 rings (SSSR count). The lowest BCUT2D eigenvalue weighted by Gasteiger charge is -2.43. The van der Waals surface area contributed by atoms with Crippen molar-refractivity contribution in [3.8, 4) is 0 Å². The van der Waals surface area contributed by atoms with Crippen LogP contribution in [0.3, 0.4) is 0 Å². The van der Waals surface area contributed by atoms with Gasteiger partial charge in [-0.15, -0.1) is 0 Å². The maximum Gasteiger partial charge on any atom is 0.271 e. The Morgan fingerprint density at radius 1 is 1.27 bits per heavy atom. The van der Waals surface area contributed by atoms with Gasteiger partial charge in [-0.1, -0.05) is 6.07 Å². The molecule has 8 nitrogen and oxygen atoms in total. The van der Waals surface area contributed by atoms with Crippen molar-refractivity contribution in [1.82, 2.24) is 10.2 Å². The molecule has 1 aromatic rings. The number of anilines is 1. The molecule has 2 aliphatic rings. The number of hydrogen-bond donors (Lipinski definition) is 1. The Hall–Kier alpha value is -2.19. The third-order valence-corrected chi connectivity index (χ3v) is 5.41. The van der Waals surface area contributed by atoms with E-state index in [-0.39, 0.29) is 16.5 Å². The zero-order valence-corrected chi connectivity index (χ0v) is 15.1. The summed E-state index contributed by atoms with van der Waals surface area (Å²) < 4.78 is 5.37. The molecule has 0 unspecified atom stereocenters. The van der Waals surface area contributed by atoms with E-state index < -0.39 is 5.41 Å². The summed E-state index contributed by atoms with van der Waals surface area (Å²) in [6.45, 7) is 4.73. The molecule has 2 fully saturated rings. The first-order chi connectivity index (χ1) is 12.6. The number of piperazine rings is 1. The summed E-state index contributed by atoms with van der Waals surface area (Å²) in [5, 5.41) is 14.3. The molecule has 26 heavy (non-hydrogen) atoms. The highest BCUT2D eigenvalue weighted by atomic mass is 16.6. The van der Waals surface area contributed by atoms with Crippen LogP contribution in [0, 0.1) is 15.5 Å².